The number of aryl methyl sites for hydroxylation is 2. The summed E-state index contributed by atoms with van der Waals surface area (Å²) in [6.07, 6.45) is 23.5. The maximum atomic E-state index is 12.5. The van der Waals surface area contributed by atoms with E-state index in [0.29, 0.717) is 60.8 Å². The van der Waals surface area contributed by atoms with Crippen LogP contribution >= 0.6 is 0 Å². The van der Waals surface area contributed by atoms with Gasteiger partial charge in [-0.2, -0.15) is 15.3 Å². The van der Waals surface area contributed by atoms with Crippen molar-refractivity contribution in [2.24, 2.45) is 24.6 Å². The molecule has 6 aromatic carbocycles. The van der Waals surface area contributed by atoms with Crippen molar-refractivity contribution >= 4 is 83.0 Å². The van der Waals surface area contributed by atoms with Crippen molar-refractivity contribution in [2.45, 2.75) is 52.1 Å². The van der Waals surface area contributed by atoms with Crippen LogP contribution in [0, 0.1) is 11.8 Å². The molecule has 0 unspecified atom stereocenters. The lowest BCUT2D eigenvalue weighted by atomic mass is 10.1. The average Bonchev–Trinajstić information content (AvgIpc) is 1.20. The Morgan fingerprint density at radius 2 is 0.877 bits per heavy atom. The number of hydrogen-bond donors (Lipinski definition) is 2. The Morgan fingerprint density at radius 3 is 1.25 bits per heavy atom. The van der Waals surface area contributed by atoms with E-state index in [0.717, 1.165) is 145 Å². The highest BCUT2D eigenvalue weighted by Crippen LogP contribution is 2.42. The van der Waals surface area contributed by atoms with Crippen LogP contribution in [-0.4, -0.2) is 174 Å². The first-order valence-electron chi connectivity index (χ1n) is 35.1. The fraction of sp³-hybridized carbons (Fsp3) is 0.333. The molecule has 106 heavy (non-hydrogen) atoms. The molecule has 6 aromatic heterocycles. The van der Waals surface area contributed by atoms with Crippen LogP contribution in [0.4, 0.5) is 34.1 Å². The molecule has 2 aliphatic rings. The second kappa shape index (κ2) is 34.4. The van der Waals surface area contributed by atoms with Crippen LogP contribution in [0.25, 0.3) is 66.9 Å². The Balaban J connectivity index is 0.000000150. The number of carbonyl (C=O) groups excluding carboxylic acids is 1. The van der Waals surface area contributed by atoms with Crippen LogP contribution in [0.5, 0.6) is 34.5 Å². The van der Waals surface area contributed by atoms with Crippen molar-refractivity contribution in [2.75, 3.05) is 115 Å². The number of anilines is 6. The fourth-order valence-corrected chi connectivity index (χ4v) is 12.5. The van der Waals surface area contributed by atoms with Crippen molar-refractivity contribution in [3.05, 3.63) is 165 Å². The lowest BCUT2D eigenvalue weighted by Gasteiger charge is -2.26. The minimum Gasteiger partial charge on any atom is -0.497 e. The highest BCUT2D eigenvalue weighted by Gasteiger charge is 2.29. The molecule has 552 valence electrons. The fourth-order valence-electron chi connectivity index (χ4n) is 11.9. The number of carbonyl (C=O) groups is 1. The zero-order chi connectivity index (χ0) is 74.3. The molecule has 0 saturated heterocycles. The molecule has 6 heterocycles. The van der Waals surface area contributed by atoms with Crippen LogP contribution in [0.1, 0.15) is 39.0 Å². The number of benzene rings is 6. The molecule has 2 saturated carbocycles. The van der Waals surface area contributed by atoms with Gasteiger partial charge in [-0.25, -0.2) is 23.4 Å². The first kappa shape index (κ1) is 74.2. The molecule has 0 radical (unpaired) electrons. The maximum absolute atomic E-state index is 12.5. The van der Waals surface area contributed by atoms with E-state index in [1.165, 1.54) is 31.9 Å². The zero-order valence-electron chi connectivity index (χ0n) is 61.1. The van der Waals surface area contributed by atoms with E-state index in [4.69, 9.17) is 53.8 Å². The van der Waals surface area contributed by atoms with E-state index in [1.807, 2.05) is 119 Å². The quantitative estimate of drug-likeness (QED) is 0.0301. The van der Waals surface area contributed by atoms with E-state index < -0.39 is 9.84 Å². The first-order chi connectivity index (χ1) is 51.5. The van der Waals surface area contributed by atoms with Crippen molar-refractivity contribution in [1.82, 2.24) is 64.6 Å². The predicted molar refractivity (Wildman–Crippen MR) is 411 cm³/mol. The van der Waals surface area contributed by atoms with Crippen LogP contribution in [0.2, 0.25) is 0 Å². The normalized spacial score (nSPS) is 12.6. The highest BCUT2D eigenvalue weighted by atomic mass is 32.2. The molecule has 14 rings (SSSR count). The number of fused-ring (bicyclic) bond motifs is 3. The zero-order valence-corrected chi connectivity index (χ0v) is 61.9. The number of nitrogens with zero attached hydrogens (tertiary/aromatic N) is 15. The van der Waals surface area contributed by atoms with E-state index in [1.54, 1.807) is 97.5 Å². The van der Waals surface area contributed by atoms with Crippen molar-refractivity contribution in [3.63, 3.8) is 0 Å². The predicted octanol–water partition coefficient (Wildman–Crippen LogP) is 11.8. The standard InChI is InChI=1S/C29H36N6O4S.C25H28N6O2.C24H25N5O4/c1-38-25-13-24(14-26(16-25)39-2)35(19-21-5-6-21)23-7-8-27-28(15-23)33-29(18-31-27)22-17-32-34(20-22)11-4-9-30-10-12-40(3,36)37;1-32-21-9-20(10-22(12-21)33-2)31(15-17-3-4-17)19-5-6-23-24(11-19)29-25(14-27-23)18-13-28-30(16-18)8-7-26;1-5-33-24(30)15-29(18-8-19(31-3)11-20(9-18)32-4)17-6-7-21-22(10-17)27-23(13-25-21)16-12-26-28(2)14-16/h7-8,13-18,20-21,30H,4-6,9-12,19H2,1-3H3;5-6,9-14,16-17H,3-4,7-8,15,26H2,1-2H3;6-14H,5,15H2,1-4H3. The lowest BCUT2D eigenvalue weighted by molar-refractivity contribution is -0.141. The molecule has 0 spiro atoms. The Labute approximate surface area is 616 Å². The van der Waals surface area contributed by atoms with Crippen molar-refractivity contribution < 1.29 is 46.4 Å². The number of esters is 1. The molecule has 12 aromatic rings. The monoisotopic (exact) mass is 1460 g/mol. The van der Waals surface area contributed by atoms with Crippen molar-refractivity contribution in [3.8, 4) is 68.3 Å². The van der Waals surface area contributed by atoms with Crippen LogP contribution in [0.3, 0.4) is 0 Å². The number of sulfone groups is 1. The van der Waals surface area contributed by atoms with Gasteiger partial charge in [0.15, 0.2) is 0 Å². The van der Waals surface area contributed by atoms with Crippen LogP contribution in [-0.2, 0) is 39.5 Å². The number of methoxy groups -OCH3 is 6. The van der Waals surface area contributed by atoms with Gasteiger partial charge in [-0.3, -0.25) is 33.8 Å². The largest absolute Gasteiger partial charge is 0.497 e. The molecule has 0 atom stereocenters. The summed E-state index contributed by atoms with van der Waals surface area (Å²) in [5.74, 6) is 5.39. The van der Waals surface area contributed by atoms with Gasteiger partial charge in [-0.05, 0) is 112 Å². The van der Waals surface area contributed by atoms with Gasteiger partial charge in [0.1, 0.15) is 50.9 Å². The number of nitrogens with one attached hydrogen (secondary N) is 1. The van der Waals surface area contributed by atoms with Gasteiger partial charge in [0, 0.05) is 170 Å². The third kappa shape index (κ3) is 19.5. The Morgan fingerprint density at radius 1 is 0.491 bits per heavy atom. The molecule has 2 aliphatic carbocycles. The van der Waals surface area contributed by atoms with Gasteiger partial charge in [-0.1, -0.05) is 0 Å². The van der Waals surface area contributed by atoms with Gasteiger partial charge in [0.25, 0.3) is 0 Å². The lowest BCUT2D eigenvalue weighted by Crippen LogP contribution is -2.27. The molecule has 2 fully saturated rings. The SMILES string of the molecule is CCOC(=O)CN(c1cc(OC)cc(OC)c1)c1ccc2ncc(-c3cnn(C)c3)nc2c1.COc1cc(OC)cc(N(CC2CC2)c2ccc3ncc(-c4cnn(CCCNCCS(C)(=O)=O)c4)nc3c2)c1.COc1cc(OC)cc(N(CC2CC2)c2ccc3ncc(-c4cnn(CCN)c4)nc3c2)c1. The van der Waals surface area contributed by atoms with Crippen molar-refractivity contribution in [1.29, 1.82) is 0 Å². The molecular formula is C78H89N17O10S. The molecule has 0 bridgehead atoms. The summed E-state index contributed by atoms with van der Waals surface area (Å²) in [4.78, 5) is 47.3. The van der Waals surface area contributed by atoms with E-state index in [9.17, 15) is 13.2 Å². The van der Waals surface area contributed by atoms with Gasteiger partial charge >= 0.3 is 5.97 Å². The Kier molecular flexibility index (Phi) is 24.1. The smallest absolute Gasteiger partial charge is 0.325 e. The summed E-state index contributed by atoms with van der Waals surface area (Å²) in [6.45, 7) is 7.04. The number of hydrogen-bond acceptors (Lipinski definition) is 24. The summed E-state index contributed by atoms with van der Waals surface area (Å²) >= 11 is 0. The molecular weight excluding hydrogens is 1370 g/mol. The molecule has 0 aliphatic heterocycles. The number of aromatic nitrogens is 12. The number of ether oxygens (including phenoxy) is 7. The van der Waals surface area contributed by atoms with E-state index >= 15 is 0 Å². The second-order valence-corrected chi connectivity index (χ2v) is 28.2. The molecule has 0 amide bonds. The molecule has 27 nitrogen and oxygen atoms in total. The summed E-state index contributed by atoms with van der Waals surface area (Å²) in [7, 11) is 8.75. The average molecular weight is 1460 g/mol. The molecule has 28 heteroatoms. The second-order valence-electron chi connectivity index (χ2n) is 25.9. The van der Waals surface area contributed by atoms with Crippen LogP contribution in [0.15, 0.2) is 165 Å². The topological polar surface area (TPSA) is 294 Å². The molecule has 3 N–H and O–H groups in total. The number of nitrogens with two attached hydrogens (primary N) is 1. The summed E-state index contributed by atoms with van der Waals surface area (Å²) in [6, 6.07) is 35.5. The summed E-state index contributed by atoms with van der Waals surface area (Å²) < 4.78 is 66.0. The van der Waals surface area contributed by atoms with Gasteiger partial charge in [0.2, 0.25) is 0 Å². The Hall–Kier alpha value is -11.5. The first-order valence-corrected chi connectivity index (χ1v) is 37.2. The highest BCUT2D eigenvalue weighted by molar-refractivity contribution is 7.90. The van der Waals surface area contributed by atoms with E-state index in [-0.39, 0.29) is 18.3 Å². The van der Waals surface area contributed by atoms with E-state index in [2.05, 4.69) is 69.6 Å². The third-order valence-corrected chi connectivity index (χ3v) is 18.9. The summed E-state index contributed by atoms with van der Waals surface area (Å²) in [5.41, 5.74) is 21.0. The van der Waals surface area contributed by atoms with Crippen LogP contribution < -0.4 is 54.2 Å². The minimum absolute atomic E-state index is 0.00535. The number of rotatable bonds is 31. The minimum atomic E-state index is -2.94. The summed E-state index contributed by atoms with van der Waals surface area (Å²) in [5, 5.41) is 16.2. The Bertz CT molecular complexity index is 5050. The third-order valence-electron chi connectivity index (χ3n) is 17.9. The van der Waals surface area contributed by atoms with Gasteiger partial charge in [0.05, 0.1) is 149 Å². The maximum Gasteiger partial charge on any atom is 0.325 e. The van der Waals surface area contributed by atoms with Gasteiger partial charge < -0.3 is 58.9 Å². The van der Waals surface area contributed by atoms with Gasteiger partial charge in [-0.15, -0.1) is 0 Å².